The quantitative estimate of drug-likeness (QED) is 0.724. The normalized spacial score (nSPS) is 27.3. The van der Waals surface area contributed by atoms with Crippen molar-refractivity contribution >= 4 is 11.8 Å². The molecule has 2 fully saturated rings. The Kier molecular flexibility index (Phi) is 5.50. The van der Waals surface area contributed by atoms with Gasteiger partial charge < -0.3 is 19.5 Å². The van der Waals surface area contributed by atoms with Gasteiger partial charge in [0.2, 0.25) is 11.8 Å². The van der Waals surface area contributed by atoms with Gasteiger partial charge in [-0.3, -0.25) is 19.4 Å². The Morgan fingerprint density at radius 3 is 2.81 bits per heavy atom. The number of ether oxygens (including phenoxy) is 1. The molecule has 0 spiro atoms. The van der Waals surface area contributed by atoms with Crippen molar-refractivity contribution in [3.05, 3.63) is 33.1 Å². The summed E-state index contributed by atoms with van der Waals surface area (Å²) in [5, 5.41) is 2.95. The Balaban J connectivity index is 1.69. The highest BCUT2D eigenvalue weighted by atomic mass is 16.5. The molecule has 9 heteroatoms. The Morgan fingerprint density at radius 1 is 1.37 bits per heavy atom. The molecule has 2 aliphatic rings. The number of nitrogens with zero attached hydrogens (tertiary/aromatic N) is 2. The van der Waals surface area contributed by atoms with Crippen molar-refractivity contribution in [3.63, 3.8) is 0 Å². The Labute approximate surface area is 156 Å². The van der Waals surface area contributed by atoms with E-state index in [4.69, 9.17) is 4.74 Å². The number of aromatic amines is 1. The minimum atomic E-state index is -0.522. The van der Waals surface area contributed by atoms with E-state index in [0.717, 1.165) is 19.3 Å². The largest absolute Gasteiger partial charge is 0.376 e. The molecule has 3 atom stereocenters. The van der Waals surface area contributed by atoms with E-state index < -0.39 is 11.2 Å². The molecule has 1 aromatic heterocycles. The minimum absolute atomic E-state index is 0.0333. The monoisotopic (exact) mass is 378 g/mol. The van der Waals surface area contributed by atoms with Crippen molar-refractivity contribution in [3.8, 4) is 0 Å². The van der Waals surface area contributed by atoms with Crippen LogP contribution in [0.2, 0.25) is 0 Å². The molecule has 1 aliphatic carbocycles. The summed E-state index contributed by atoms with van der Waals surface area (Å²) < 4.78 is 7.15. The SMILES string of the molecule is CO[C@@]12CC[C@@H](NC(C)=O)C[C@@H]1N(C(=O)CCn1ccc(=O)[nH]c1=O)CC2. The number of hydrogen-bond donors (Lipinski definition) is 2. The number of amides is 2. The fourth-order valence-electron chi connectivity index (χ4n) is 4.39. The summed E-state index contributed by atoms with van der Waals surface area (Å²) in [5.74, 6) is -0.126. The van der Waals surface area contributed by atoms with E-state index in [0.29, 0.717) is 13.0 Å². The van der Waals surface area contributed by atoms with Crippen LogP contribution in [0.25, 0.3) is 0 Å². The predicted molar refractivity (Wildman–Crippen MR) is 97.3 cm³/mol. The molecule has 1 aromatic rings. The van der Waals surface area contributed by atoms with Gasteiger partial charge in [-0.15, -0.1) is 0 Å². The van der Waals surface area contributed by atoms with Gasteiger partial charge in [-0.2, -0.15) is 0 Å². The number of likely N-dealkylation sites (tertiary alicyclic amines) is 1. The number of rotatable bonds is 5. The van der Waals surface area contributed by atoms with Crippen LogP contribution in [0.15, 0.2) is 21.9 Å². The van der Waals surface area contributed by atoms with Crippen molar-refractivity contribution in [2.45, 2.75) is 63.3 Å². The topological polar surface area (TPSA) is 114 Å². The molecule has 2 heterocycles. The molecule has 3 rings (SSSR count). The highest BCUT2D eigenvalue weighted by Crippen LogP contribution is 2.42. The smallest absolute Gasteiger partial charge is 0.328 e. The molecule has 0 bridgehead atoms. The number of aryl methyl sites for hydroxylation is 1. The van der Waals surface area contributed by atoms with Crippen LogP contribution in [-0.2, 0) is 20.9 Å². The van der Waals surface area contributed by atoms with E-state index in [1.54, 1.807) is 7.11 Å². The summed E-state index contributed by atoms with van der Waals surface area (Å²) in [5.41, 5.74) is -1.34. The number of fused-ring (bicyclic) bond motifs is 1. The van der Waals surface area contributed by atoms with Crippen molar-refractivity contribution in [2.75, 3.05) is 13.7 Å². The zero-order valence-electron chi connectivity index (χ0n) is 15.7. The van der Waals surface area contributed by atoms with Gasteiger partial charge in [-0.25, -0.2) is 4.79 Å². The molecule has 0 aromatic carbocycles. The lowest BCUT2D eigenvalue weighted by molar-refractivity contribution is -0.138. The van der Waals surface area contributed by atoms with Gasteiger partial charge in [-0.05, 0) is 25.7 Å². The van der Waals surface area contributed by atoms with Crippen molar-refractivity contribution in [2.24, 2.45) is 0 Å². The van der Waals surface area contributed by atoms with Gasteiger partial charge in [0.15, 0.2) is 0 Å². The molecule has 1 aliphatic heterocycles. The van der Waals surface area contributed by atoms with E-state index in [2.05, 4.69) is 10.3 Å². The standard InChI is InChI=1S/C18H26N4O5/c1-12(23)19-13-3-6-18(27-2)7-10-22(14(18)11-13)16(25)5-9-21-8-4-15(24)20-17(21)26/h4,8,13-14H,3,5-7,9-11H2,1-2H3,(H,19,23)(H,20,24,26)/t13-,14+,18-/m1/s1. The number of hydrogen-bond acceptors (Lipinski definition) is 5. The lowest BCUT2D eigenvalue weighted by Crippen LogP contribution is -2.55. The van der Waals surface area contributed by atoms with Gasteiger partial charge in [-0.1, -0.05) is 0 Å². The minimum Gasteiger partial charge on any atom is -0.376 e. The number of nitrogens with one attached hydrogen (secondary N) is 2. The Hall–Kier alpha value is -2.42. The number of methoxy groups -OCH3 is 1. The molecule has 9 nitrogen and oxygen atoms in total. The first-order valence-corrected chi connectivity index (χ1v) is 9.26. The maximum atomic E-state index is 12.8. The van der Waals surface area contributed by atoms with Gasteiger partial charge in [0.1, 0.15) is 0 Å². The highest BCUT2D eigenvalue weighted by molar-refractivity contribution is 5.77. The second kappa shape index (κ2) is 7.67. The van der Waals surface area contributed by atoms with Crippen LogP contribution in [-0.4, -0.2) is 57.6 Å². The fourth-order valence-corrected chi connectivity index (χ4v) is 4.39. The summed E-state index contributed by atoms with van der Waals surface area (Å²) >= 11 is 0. The number of carbonyl (C=O) groups is 2. The third-order valence-corrected chi connectivity index (χ3v) is 5.78. The molecule has 1 saturated heterocycles. The first-order valence-electron chi connectivity index (χ1n) is 9.26. The molecule has 2 N–H and O–H groups in total. The molecule has 0 unspecified atom stereocenters. The van der Waals surface area contributed by atoms with E-state index >= 15 is 0 Å². The van der Waals surface area contributed by atoms with E-state index in [1.165, 1.54) is 23.8 Å². The molecular weight excluding hydrogens is 352 g/mol. The van der Waals surface area contributed by atoms with Gasteiger partial charge in [0.25, 0.3) is 5.56 Å². The first-order chi connectivity index (χ1) is 12.8. The van der Waals surface area contributed by atoms with Gasteiger partial charge >= 0.3 is 5.69 Å². The summed E-state index contributed by atoms with van der Waals surface area (Å²) in [6, 6.07) is 1.20. The first kappa shape index (κ1) is 19.3. The summed E-state index contributed by atoms with van der Waals surface area (Å²) in [7, 11) is 1.68. The summed E-state index contributed by atoms with van der Waals surface area (Å²) in [4.78, 5) is 51.2. The van der Waals surface area contributed by atoms with Crippen molar-refractivity contribution in [1.29, 1.82) is 0 Å². The molecular formula is C18H26N4O5. The van der Waals surface area contributed by atoms with Crippen molar-refractivity contribution < 1.29 is 14.3 Å². The van der Waals surface area contributed by atoms with Crippen LogP contribution in [0.4, 0.5) is 0 Å². The third-order valence-electron chi connectivity index (χ3n) is 5.78. The molecule has 27 heavy (non-hydrogen) atoms. The number of H-pyrrole nitrogens is 1. The second-order valence-electron chi connectivity index (χ2n) is 7.35. The molecule has 0 radical (unpaired) electrons. The van der Waals surface area contributed by atoms with E-state index in [9.17, 15) is 19.2 Å². The lowest BCUT2D eigenvalue weighted by atomic mass is 9.78. The average molecular weight is 378 g/mol. The maximum Gasteiger partial charge on any atom is 0.328 e. The van der Waals surface area contributed by atoms with Crippen LogP contribution >= 0.6 is 0 Å². The maximum absolute atomic E-state index is 12.8. The number of aromatic nitrogens is 2. The van der Waals surface area contributed by atoms with Crippen LogP contribution < -0.4 is 16.6 Å². The molecule has 2 amide bonds. The summed E-state index contributed by atoms with van der Waals surface area (Å²) in [6.45, 7) is 2.30. The third kappa shape index (κ3) is 3.97. The predicted octanol–water partition coefficient (Wildman–Crippen LogP) is -0.399. The van der Waals surface area contributed by atoms with Crippen LogP contribution in [0.1, 0.15) is 39.0 Å². The van der Waals surface area contributed by atoms with E-state index in [-0.39, 0.29) is 42.5 Å². The van der Waals surface area contributed by atoms with Crippen LogP contribution in [0.3, 0.4) is 0 Å². The van der Waals surface area contributed by atoms with Crippen molar-refractivity contribution in [1.82, 2.24) is 19.8 Å². The van der Waals surface area contributed by atoms with Crippen LogP contribution in [0.5, 0.6) is 0 Å². The van der Waals surface area contributed by atoms with Gasteiger partial charge in [0.05, 0.1) is 11.6 Å². The van der Waals surface area contributed by atoms with Gasteiger partial charge in [0, 0.05) is 51.8 Å². The zero-order chi connectivity index (χ0) is 19.6. The summed E-state index contributed by atoms with van der Waals surface area (Å²) in [6.07, 6.45) is 4.61. The Bertz CT molecular complexity index is 832. The fraction of sp³-hybridized carbons (Fsp3) is 0.667. The van der Waals surface area contributed by atoms with E-state index in [1.807, 2.05) is 4.90 Å². The average Bonchev–Trinajstić information content (AvgIpc) is 2.99. The zero-order valence-corrected chi connectivity index (χ0v) is 15.7. The number of carbonyl (C=O) groups excluding carboxylic acids is 2. The highest BCUT2D eigenvalue weighted by Gasteiger charge is 2.52. The second-order valence-corrected chi connectivity index (χ2v) is 7.35. The lowest BCUT2D eigenvalue weighted by Gasteiger charge is -2.43. The molecule has 1 saturated carbocycles. The Morgan fingerprint density at radius 2 is 2.15 bits per heavy atom. The molecule has 148 valence electrons. The van der Waals surface area contributed by atoms with Crippen LogP contribution in [0, 0.1) is 0 Å².